The number of nitrogens with zero attached hydrogens (tertiary/aromatic N) is 5. The molecule has 2 aliphatic rings. The van der Waals surface area contributed by atoms with Crippen LogP contribution in [0.3, 0.4) is 0 Å². The molecule has 5 rings (SSSR count). The number of pyridine rings is 1. The molecular formula is C27H34F2N6O. The average Bonchev–Trinajstić information content (AvgIpc) is 3.33. The SMILES string of the molecule is CC(C)(O)Cc1cc2nc(N3CCN(Cc4ccc(F)cc4F)CC3)c(NC3CCCC3)nc2cn1. The number of fused-ring (bicyclic) bond motifs is 1. The molecule has 2 aromatic heterocycles. The van der Waals surface area contributed by atoms with Gasteiger partial charge in [0.2, 0.25) is 0 Å². The number of nitrogens with one attached hydrogen (secondary N) is 1. The van der Waals surface area contributed by atoms with Crippen molar-refractivity contribution in [3.8, 4) is 0 Å². The second-order valence-electron chi connectivity index (χ2n) is 10.7. The Balaban J connectivity index is 1.37. The van der Waals surface area contributed by atoms with E-state index in [1.54, 1.807) is 20.0 Å². The van der Waals surface area contributed by atoms with E-state index in [-0.39, 0.29) is 0 Å². The van der Waals surface area contributed by atoms with Crippen LogP contribution < -0.4 is 10.2 Å². The highest BCUT2D eigenvalue weighted by Gasteiger charge is 2.25. The van der Waals surface area contributed by atoms with Crippen molar-refractivity contribution in [3.63, 3.8) is 0 Å². The Hall–Kier alpha value is -2.91. The van der Waals surface area contributed by atoms with Crippen molar-refractivity contribution < 1.29 is 13.9 Å². The minimum atomic E-state index is -0.860. The molecule has 7 nitrogen and oxygen atoms in total. The van der Waals surface area contributed by atoms with Gasteiger partial charge >= 0.3 is 0 Å². The Morgan fingerprint density at radius 3 is 2.47 bits per heavy atom. The fraction of sp³-hybridized carbons (Fsp3) is 0.519. The first kappa shape index (κ1) is 24.8. The minimum absolute atomic E-state index is 0.390. The molecule has 2 N–H and O–H groups in total. The summed E-state index contributed by atoms with van der Waals surface area (Å²) in [6.45, 7) is 6.90. The quantitative estimate of drug-likeness (QED) is 0.505. The number of aliphatic hydroxyl groups is 1. The zero-order valence-electron chi connectivity index (χ0n) is 21.0. The molecule has 0 radical (unpaired) electrons. The molecule has 1 aliphatic carbocycles. The van der Waals surface area contributed by atoms with Crippen molar-refractivity contribution in [2.24, 2.45) is 0 Å². The molecule has 2 fully saturated rings. The molecule has 3 aromatic rings. The predicted octanol–water partition coefficient (Wildman–Crippen LogP) is 4.29. The molecule has 1 saturated heterocycles. The summed E-state index contributed by atoms with van der Waals surface area (Å²) in [5.74, 6) is 0.544. The van der Waals surface area contributed by atoms with Crippen molar-refractivity contribution in [1.29, 1.82) is 0 Å². The summed E-state index contributed by atoms with van der Waals surface area (Å²) in [7, 11) is 0. The second kappa shape index (κ2) is 10.2. The summed E-state index contributed by atoms with van der Waals surface area (Å²) < 4.78 is 27.4. The third-order valence-corrected chi connectivity index (χ3v) is 6.98. The van der Waals surface area contributed by atoms with Gasteiger partial charge in [-0.05, 0) is 38.8 Å². The highest BCUT2D eigenvalue weighted by atomic mass is 19.1. The van der Waals surface area contributed by atoms with Crippen LogP contribution in [-0.4, -0.2) is 62.8 Å². The van der Waals surface area contributed by atoms with Gasteiger partial charge in [0.1, 0.15) is 17.2 Å². The summed E-state index contributed by atoms with van der Waals surface area (Å²) in [5.41, 5.74) is 1.90. The van der Waals surface area contributed by atoms with Gasteiger partial charge in [-0.2, -0.15) is 0 Å². The number of aromatic nitrogens is 3. The number of anilines is 2. The van der Waals surface area contributed by atoms with Crippen LogP contribution in [0, 0.1) is 11.6 Å². The summed E-state index contributed by atoms with van der Waals surface area (Å²) in [6.07, 6.45) is 6.85. The van der Waals surface area contributed by atoms with E-state index in [1.165, 1.54) is 25.0 Å². The fourth-order valence-corrected chi connectivity index (χ4v) is 5.12. The van der Waals surface area contributed by atoms with E-state index in [2.05, 4.69) is 20.1 Å². The third kappa shape index (κ3) is 5.90. The maximum absolute atomic E-state index is 14.2. The molecule has 3 heterocycles. The van der Waals surface area contributed by atoms with E-state index >= 15 is 0 Å². The second-order valence-corrected chi connectivity index (χ2v) is 10.7. The molecular weight excluding hydrogens is 462 g/mol. The summed E-state index contributed by atoms with van der Waals surface area (Å²) in [4.78, 5) is 18.9. The minimum Gasteiger partial charge on any atom is -0.390 e. The van der Waals surface area contributed by atoms with Crippen LogP contribution in [0.1, 0.15) is 50.8 Å². The van der Waals surface area contributed by atoms with Gasteiger partial charge in [0.25, 0.3) is 0 Å². The monoisotopic (exact) mass is 496 g/mol. The first-order valence-corrected chi connectivity index (χ1v) is 12.8. The van der Waals surface area contributed by atoms with E-state index in [0.29, 0.717) is 24.6 Å². The number of hydrogen-bond acceptors (Lipinski definition) is 7. The average molecular weight is 497 g/mol. The Bertz CT molecular complexity index is 1220. The van der Waals surface area contributed by atoms with Crippen molar-refractivity contribution in [2.45, 2.75) is 64.1 Å². The van der Waals surface area contributed by atoms with Crippen LogP contribution in [0.2, 0.25) is 0 Å². The Morgan fingerprint density at radius 1 is 1.03 bits per heavy atom. The summed E-state index contributed by atoms with van der Waals surface area (Å²) in [5, 5.41) is 13.9. The topological polar surface area (TPSA) is 77.4 Å². The van der Waals surface area contributed by atoms with Gasteiger partial charge in [0.05, 0.1) is 17.3 Å². The Kier molecular flexibility index (Phi) is 7.03. The zero-order valence-corrected chi connectivity index (χ0v) is 21.0. The van der Waals surface area contributed by atoms with Gasteiger partial charge in [0, 0.05) is 62.5 Å². The Morgan fingerprint density at radius 2 is 1.78 bits per heavy atom. The van der Waals surface area contributed by atoms with E-state index < -0.39 is 17.2 Å². The Labute approximate surface area is 210 Å². The molecule has 9 heteroatoms. The van der Waals surface area contributed by atoms with Crippen LogP contribution in [0.15, 0.2) is 30.5 Å². The van der Waals surface area contributed by atoms with Gasteiger partial charge < -0.3 is 15.3 Å². The lowest BCUT2D eigenvalue weighted by Crippen LogP contribution is -2.46. The van der Waals surface area contributed by atoms with E-state index in [0.717, 1.165) is 73.5 Å². The molecule has 0 unspecified atom stereocenters. The molecule has 1 aliphatic heterocycles. The van der Waals surface area contributed by atoms with Crippen LogP contribution in [0.4, 0.5) is 20.4 Å². The lowest BCUT2D eigenvalue weighted by Gasteiger charge is -2.36. The molecule has 0 bridgehead atoms. The molecule has 0 atom stereocenters. The van der Waals surface area contributed by atoms with Gasteiger partial charge in [-0.25, -0.2) is 18.7 Å². The lowest BCUT2D eigenvalue weighted by molar-refractivity contribution is 0.0800. The van der Waals surface area contributed by atoms with Crippen LogP contribution >= 0.6 is 0 Å². The third-order valence-electron chi connectivity index (χ3n) is 6.98. The molecule has 36 heavy (non-hydrogen) atoms. The van der Waals surface area contributed by atoms with Crippen LogP contribution in [0.5, 0.6) is 0 Å². The van der Waals surface area contributed by atoms with E-state index in [4.69, 9.17) is 9.97 Å². The number of hydrogen-bond donors (Lipinski definition) is 2. The molecule has 1 aromatic carbocycles. The van der Waals surface area contributed by atoms with Crippen LogP contribution in [0.25, 0.3) is 11.0 Å². The number of rotatable bonds is 7. The van der Waals surface area contributed by atoms with E-state index in [9.17, 15) is 13.9 Å². The maximum atomic E-state index is 14.2. The predicted molar refractivity (Wildman–Crippen MR) is 137 cm³/mol. The lowest BCUT2D eigenvalue weighted by atomic mass is 10.0. The van der Waals surface area contributed by atoms with Crippen molar-refractivity contribution >= 4 is 22.7 Å². The zero-order chi connectivity index (χ0) is 25.3. The largest absolute Gasteiger partial charge is 0.390 e. The van der Waals surface area contributed by atoms with Gasteiger partial charge in [-0.1, -0.05) is 18.9 Å². The number of piperazine rings is 1. The van der Waals surface area contributed by atoms with E-state index in [1.807, 2.05) is 6.07 Å². The van der Waals surface area contributed by atoms with Gasteiger partial charge in [-0.3, -0.25) is 9.88 Å². The van der Waals surface area contributed by atoms with Crippen molar-refractivity contribution in [1.82, 2.24) is 19.9 Å². The fourth-order valence-electron chi connectivity index (χ4n) is 5.12. The molecule has 0 spiro atoms. The number of halogens is 2. The van der Waals surface area contributed by atoms with Crippen molar-refractivity contribution in [3.05, 3.63) is 53.4 Å². The van der Waals surface area contributed by atoms with Crippen molar-refractivity contribution in [2.75, 3.05) is 36.4 Å². The highest BCUT2D eigenvalue weighted by Crippen LogP contribution is 2.30. The normalized spacial score (nSPS) is 17.8. The highest BCUT2D eigenvalue weighted by molar-refractivity contribution is 5.80. The van der Waals surface area contributed by atoms with Crippen LogP contribution in [-0.2, 0) is 13.0 Å². The number of benzene rings is 1. The van der Waals surface area contributed by atoms with Gasteiger partial charge in [-0.15, -0.1) is 0 Å². The first-order valence-electron chi connectivity index (χ1n) is 12.8. The molecule has 192 valence electrons. The van der Waals surface area contributed by atoms with Gasteiger partial charge in [0.15, 0.2) is 11.6 Å². The smallest absolute Gasteiger partial charge is 0.172 e. The first-order chi connectivity index (χ1) is 17.2. The molecule has 0 amide bonds. The summed E-state index contributed by atoms with van der Waals surface area (Å²) in [6, 6.07) is 6.08. The standard InChI is InChI=1S/C27H34F2N6O/c1-27(2,36)15-21-14-23-24(16-30-21)32-25(31-20-5-3-4-6-20)26(33-23)35-11-9-34(10-12-35)17-18-7-8-19(28)13-22(18)29/h7-8,13-14,16,20,36H,3-6,9-12,15,17H2,1-2H3,(H,31,32). The molecule has 1 saturated carbocycles. The maximum Gasteiger partial charge on any atom is 0.172 e. The summed E-state index contributed by atoms with van der Waals surface area (Å²) >= 11 is 0.